The zero-order valence-corrected chi connectivity index (χ0v) is 17.8. The Balaban J connectivity index is 1.68. The number of methoxy groups -OCH3 is 2. The molecule has 7 nitrogen and oxygen atoms in total. The topological polar surface area (TPSA) is 95.2 Å². The van der Waals surface area contributed by atoms with Gasteiger partial charge >= 0.3 is 0 Å². The number of nitrogens with one attached hydrogen (secondary N) is 1. The normalized spacial score (nSPS) is 10.6. The van der Waals surface area contributed by atoms with E-state index in [1.165, 1.54) is 5.56 Å². The van der Waals surface area contributed by atoms with Crippen molar-refractivity contribution in [2.45, 2.75) is 25.4 Å². The van der Waals surface area contributed by atoms with Gasteiger partial charge in [-0.15, -0.1) is 11.8 Å². The van der Waals surface area contributed by atoms with E-state index in [0.717, 1.165) is 34.1 Å². The van der Waals surface area contributed by atoms with Gasteiger partial charge in [0.05, 0.1) is 20.0 Å². The molecule has 1 aromatic heterocycles. The maximum Gasteiger partial charge on any atom is 0.232 e. The molecule has 0 bridgehead atoms. The number of hydrogen-bond donors (Lipinski definition) is 2. The molecule has 1 heterocycles. The van der Waals surface area contributed by atoms with Gasteiger partial charge in [-0.2, -0.15) is 15.0 Å². The van der Waals surface area contributed by atoms with Gasteiger partial charge in [0.25, 0.3) is 0 Å². The number of hydrogen-bond acceptors (Lipinski definition) is 8. The third kappa shape index (κ3) is 5.29. The Morgan fingerprint density at radius 2 is 1.66 bits per heavy atom. The SMILES string of the molecule is COc1cc(C)c(CSCc2nc(N)nc(Nc3ccccc3C)n2)cc1OC. The largest absolute Gasteiger partial charge is 0.493 e. The summed E-state index contributed by atoms with van der Waals surface area (Å²) < 4.78 is 10.8. The Morgan fingerprint density at radius 3 is 2.38 bits per heavy atom. The molecule has 0 saturated carbocycles. The Labute approximate surface area is 175 Å². The van der Waals surface area contributed by atoms with Crippen LogP contribution in [-0.4, -0.2) is 29.2 Å². The molecule has 152 valence electrons. The molecule has 0 fully saturated rings. The van der Waals surface area contributed by atoms with E-state index in [4.69, 9.17) is 15.2 Å². The predicted molar refractivity (Wildman–Crippen MR) is 118 cm³/mol. The summed E-state index contributed by atoms with van der Waals surface area (Å²) in [4.78, 5) is 13.0. The third-order valence-corrected chi connectivity index (χ3v) is 5.40. The zero-order chi connectivity index (χ0) is 20.8. The van der Waals surface area contributed by atoms with Crippen LogP contribution < -0.4 is 20.5 Å². The number of rotatable bonds is 8. The number of benzene rings is 2. The van der Waals surface area contributed by atoms with Crippen LogP contribution in [0.3, 0.4) is 0 Å². The molecule has 2 aromatic carbocycles. The lowest BCUT2D eigenvalue weighted by atomic mass is 10.1. The van der Waals surface area contributed by atoms with E-state index in [1.54, 1.807) is 26.0 Å². The van der Waals surface area contributed by atoms with Crippen LogP contribution in [0.2, 0.25) is 0 Å². The fourth-order valence-electron chi connectivity index (χ4n) is 2.82. The molecule has 3 aromatic rings. The Bertz CT molecular complexity index is 997. The molecule has 0 amide bonds. The molecule has 3 N–H and O–H groups in total. The highest BCUT2D eigenvalue weighted by molar-refractivity contribution is 7.97. The molecule has 0 atom stereocenters. The van der Waals surface area contributed by atoms with Crippen LogP contribution in [0, 0.1) is 13.8 Å². The summed E-state index contributed by atoms with van der Waals surface area (Å²) in [6, 6.07) is 11.9. The molecule has 0 spiro atoms. The fourth-order valence-corrected chi connectivity index (χ4v) is 3.77. The molecule has 8 heteroatoms. The number of nitrogen functional groups attached to an aromatic ring is 1. The van der Waals surface area contributed by atoms with Crippen LogP contribution in [0.25, 0.3) is 0 Å². The summed E-state index contributed by atoms with van der Waals surface area (Å²) in [6.45, 7) is 4.08. The summed E-state index contributed by atoms with van der Waals surface area (Å²) in [5, 5.41) is 3.22. The molecule has 0 aliphatic heterocycles. The van der Waals surface area contributed by atoms with E-state index in [2.05, 4.69) is 27.2 Å². The van der Waals surface area contributed by atoms with E-state index in [-0.39, 0.29) is 5.95 Å². The Kier molecular flexibility index (Phi) is 6.77. The number of ether oxygens (including phenoxy) is 2. The summed E-state index contributed by atoms with van der Waals surface area (Å²) in [6.07, 6.45) is 0. The van der Waals surface area contributed by atoms with Gasteiger partial charge in [0.1, 0.15) is 5.82 Å². The lowest BCUT2D eigenvalue weighted by molar-refractivity contribution is 0.354. The van der Waals surface area contributed by atoms with E-state index in [1.807, 2.05) is 43.3 Å². The highest BCUT2D eigenvalue weighted by Crippen LogP contribution is 2.32. The number of nitrogens with two attached hydrogens (primary N) is 1. The molecular weight excluding hydrogens is 386 g/mol. The fraction of sp³-hybridized carbons (Fsp3) is 0.286. The zero-order valence-electron chi connectivity index (χ0n) is 17.0. The summed E-state index contributed by atoms with van der Waals surface area (Å²) >= 11 is 1.70. The minimum absolute atomic E-state index is 0.203. The van der Waals surface area contributed by atoms with Crippen molar-refractivity contribution in [3.63, 3.8) is 0 Å². The van der Waals surface area contributed by atoms with Gasteiger partial charge in [-0.3, -0.25) is 0 Å². The smallest absolute Gasteiger partial charge is 0.232 e. The van der Waals surface area contributed by atoms with Crippen LogP contribution in [-0.2, 0) is 11.5 Å². The first-order valence-corrected chi connectivity index (χ1v) is 10.3. The van der Waals surface area contributed by atoms with Crippen molar-refractivity contribution in [1.82, 2.24) is 15.0 Å². The van der Waals surface area contributed by atoms with Gasteiger partial charge in [-0.25, -0.2) is 0 Å². The first-order valence-electron chi connectivity index (χ1n) is 9.12. The van der Waals surface area contributed by atoms with Gasteiger partial charge in [-0.05, 0) is 48.7 Å². The average Bonchev–Trinajstić information content (AvgIpc) is 2.70. The minimum Gasteiger partial charge on any atom is -0.493 e. The summed E-state index contributed by atoms with van der Waals surface area (Å²) in [7, 11) is 3.28. The van der Waals surface area contributed by atoms with Crippen molar-refractivity contribution in [3.05, 3.63) is 58.9 Å². The minimum atomic E-state index is 0.203. The van der Waals surface area contributed by atoms with Gasteiger partial charge in [-0.1, -0.05) is 18.2 Å². The molecule has 0 unspecified atom stereocenters. The molecule has 0 radical (unpaired) electrons. The maximum absolute atomic E-state index is 5.89. The van der Waals surface area contributed by atoms with Crippen molar-refractivity contribution in [3.8, 4) is 11.5 Å². The first kappa shape index (κ1) is 20.7. The second-order valence-electron chi connectivity index (χ2n) is 6.50. The first-order chi connectivity index (χ1) is 14.0. The molecular formula is C21H25N5O2S. The monoisotopic (exact) mass is 411 g/mol. The van der Waals surface area contributed by atoms with E-state index < -0.39 is 0 Å². The van der Waals surface area contributed by atoms with Gasteiger partial charge in [0.15, 0.2) is 11.5 Å². The third-order valence-electron chi connectivity index (χ3n) is 4.42. The van der Waals surface area contributed by atoms with E-state index >= 15 is 0 Å². The lowest BCUT2D eigenvalue weighted by Crippen LogP contribution is -2.07. The van der Waals surface area contributed by atoms with Crippen LogP contribution >= 0.6 is 11.8 Å². The Hall–Kier alpha value is -3.00. The number of para-hydroxylation sites is 1. The highest BCUT2D eigenvalue weighted by Gasteiger charge is 2.10. The second kappa shape index (κ2) is 9.47. The van der Waals surface area contributed by atoms with Crippen LogP contribution in [0.5, 0.6) is 11.5 Å². The average molecular weight is 412 g/mol. The standard InChI is InChI=1S/C21H25N5O2S/c1-13-7-5-6-8-16(13)23-21-25-19(24-20(22)26-21)12-29-11-15-10-18(28-4)17(27-3)9-14(15)2/h5-10H,11-12H2,1-4H3,(H3,22,23,24,25,26). The predicted octanol–water partition coefficient (Wildman–Crippen LogP) is 4.26. The number of aromatic nitrogens is 3. The van der Waals surface area contributed by atoms with Crippen molar-refractivity contribution in [1.29, 1.82) is 0 Å². The van der Waals surface area contributed by atoms with Gasteiger partial charge in [0, 0.05) is 11.4 Å². The molecule has 0 aliphatic carbocycles. The van der Waals surface area contributed by atoms with Crippen LogP contribution in [0.15, 0.2) is 36.4 Å². The molecule has 3 rings (SSSR count). The lowest BCUT2D eigenvalue weighted by Gasteiger charge is -2.13. The number of nitrogens with zero attached hydrogens (tertiary/aromatic N) is 3. The van der Waals surface area contributed by atoms with Gasteiger partial charge in [0.2, 0.25) is 11.9 Å². The summed E-state index contributed by atoms with van der Waals surface area (Å²) in [5.74, 6) is 4.15. The molecule has 0 saturated heterocycles. The van der Waals surface area contributed by atoms with Crippen molar-refractivity contribution < 1.29 is 9.47 Å². The quantitative estimate of drug-likeness (QED) is 0.568. The summed E-state index contributed by atoms with van der Waals surface area (Å²) in [5.41, 5.74) is 10.3. The number of aryl methyl sites for hydroxylation is 2. The van der Waals surface area contributed by atoms with Gasteiger partial charge < -0.3 is 20.5 Å². The Morgan fingerprint density at radius 1 is 0.931 bits per heavy atom. The maximum atomic E-state index is 5.89. The second-order valence-corrected chi connectivity index (χ2v) is 7.49. The van der Waals surface area contributed by atoms with Crippen molar-refractivity contribution in [2.24, 2.45) is 0 Å². The van der Waals surface area contributed by atoms with Crippen LogP contribution in [0.4, 0.5) is 17.6 Å². The number of anilines is 3. The van der Waals surface area contributed by atoms with Crippen molar-refractivity contribution >= 4 is 29.3 Å². The highest BCUT2D eigenvalue weighted by atomic mass is 32.2. The van der Waals surface area contributed by atoms with E-state index in [0.29, 0.717) is 17.5 Å². The van der Waals surface area contributed by atoms with E-state index in [9.17, 15) is 0 Å². The number of thioether (sulfide) groups is 1. The molecule has 0 aliphatic rings. The molecule has 29 heavy (non-hydrogen) atoms. The van der Waals surface area contributed by atoms with Crippen molar-refractivity contribution in [2.75, 3.05) is 25.3 Å². The van der Waals surface area contributed by atoms with Crippen LogP contribution in [0.1, 0.15) is 22.5 Å².